The number of amides is 1. The largest absolute Gasteiger partial charge is 0.326 e. The zero-order valence-corrected chi connectivity index (χ0v) is 17.9. The van der Waals surface area contributed by atoms with Gasteiger partial charge in [0.25, 0.3) is 0 Å². The summed E-state index contributed by atoms with van der Waals surface area (Å²) in [5.74, 6) is -2.40. The van der Waals surface area contributed by atoms with Gasteiger partial charge in [0.2, 0.25) is 15.9 Å². The molecule has 10 heteroatoms. The van der Waals surface area contributed by atoms with Crippen LogP contribution in [0.15, 0.2) is 65.8 Å². The van der Waals surface area contributed by atoms with E-state index in [1.54, 1.807) is 16.9 Å². The molecular formula is C22H22F2N4O3S. The minimum atomic E-state index is -4.18. The number of nitrogens with zero attached hydrogens (tertiary/aromatic N) is 3. The number of nitrogens with one attached hydrogen (secondary N) is 1. The van der Waals surface area contributed by atoms with Crippen molar-refractivity contribution in [1.82, 2.24) is 14.1 Å². The number of hydrogen-bond donors (Lipinski definition) is 1. The van der Waals surface area contributed by atoms with Crippen molar-refractivity contribution in [1.29, 1.82) is 0 Å². The summed E-state index contributed by atoms with van der Waals surface area (Å²) in [6.45, 7) is 0.676. The van der Waals surface area contributed by atoms with E-state index in [9.17, 15) is 22.0 Å². The van der Waals surface area contributed by atoms with Crippen LogP contribution in [-0.2, 0) is 21.4 Å². The molecule has 1 saturated heterocycles. The SMILES string of the molecule is O=C(Nc1cccc(Cn2cccn2)c1)C1CCN(S(=O)(=O)c2cc(F)ccc2F)CC1. The third-order valence-corrected chi connectivity index (χ3v) is 7.35. The second-order valence-electron chi connectivity index (χ2n) is 7.65. The first-order valence-electron chi connectivity index (χ1n) is 10.2. The Labute approximate surface area is 184 Å². The molecule has 0 spiro atoms. The Morgan fingerprint density at radius 1 is 1.09 bits per heavy atom. The Morgan fingerprint density at radius 3 is 2.59 bits per heavy atom. The highest BCUT2D eigenvalue weighted by atomic mass is 32.2. The van der Waals surface area contributed by atoms with E-state index in [0.29, 0.717) is 18.3 Å². The van der Waals surface area contributed by atoms with E-state index in [0.717, 1.165) is 22.0 Å². The molecule has 4 rings (SSSR count). The average molecular weight is 461 g/mol. The monoisotopic (exact) mass is 460 g/mol. The van der Waals surface area contributed by atoms with Crippen molar-refractivity contribution in [2.45, 2.75) is 24.3 Å². The van der Waals surface area contributed by atoms with Crippen molar-refractivity contribution >= 4 is 21.6 Å². The number of rotatable bonds is 6. The highest BCUT2D eigenvalue weighted by Gasteiger charge is 2.33. The number of halogens is 2. The molecule has 0 atom stereocenters. The summed E-state index contributed by atoms with van der Waals surface area (Å²) in [6, 6.07) is 11.6. The molecule has 3 aromatic rings. The van der Waals surface area contributed by atoms with Crippen molar-refractivity contribution in [3.8, 4) is 0 Å². The van der Waals surface area contributed by atoms with Gasteiger partial charge in [0.05, 0.1) is 6.54 Å². The maximum atomic E-state index is 14.0. The van der Waals surface area contributed by atoms with Crippen LogP contribution in [0.25, 0.3) is 0 Å². The summed E-state index contributed by atoms with van der Waals surface area (Å²) in [5, 5.41) is 7.05. The first-order chi connectivity index (χ1) is 15.3. The van der Waals surface area contributed by atoms with Gasteiger partial charge in [-0.2, -0.15) is 9.40 Å². The van der Waals surface area contributed by atoms with E-state index in [4.69, 9.17) is 0 Å². The van der Waals surface area contributed by atoms with E-state index in [1.807, 2.05) is 30.5 Å². The third-order valence-electron chi connectivity index (χ3n) is 5.43. The normalized spacial score (nSPS) is 15.6. The fraction of sp³-hybridized carbons (Fsp3) is 0.273. The number of aromatic nitrogens is 2. The molecule has 32 heavy (non-hydrogen) atoms. The molecule has 1 amide bonds. The maximum absolute atomic E-state index is 14.0. The molecule has 1 aromatic heterocycles. The smallest absolute Gasteiger partial charge is 0.246 e. The highest BCUT2D eigenvalue weighted by Crippen LogP contribution is 2.27. The minimum absolute atomic E-state index is 0.0513. The quantitative estimate of drug-likeness (QED) is 0.612. The predicted octanol–water partition coefficient (Wildman–Crippen LogP) is 3.25. The van der Waals surface area contributed by atoms with Crippen LogP contribution in [0, 0.1) is 17.6 Å². The van der Waals surface area contributed by atoms with Gasteiger partial charge in [-0.1, -0.05) is 12.1 Å². The van der Waals surface area contributed by atoms with Crippen molar-refractivity contribution in [3.05, 3.63) is 78.1 Å². The van der Waals surface area contributed by atoms with E-state index in [2.05, 4.69) is 10.4 Å². The number of anilines is 1. The molecule has 2 heterocycles. The molecule has 7 nitrogen and oxygen atoms in total. The fourth-order valence-corrected chi connectivity index (χ4v) is 5.29. The zero-order chi connectivity index (χ0) is 22.7. The van der Waals surface area contributed by atoms with E-state index >= 15 is 0 Å². The average Bonchev–Trinajstić information content (AvgIpc) is 3.28. The molecule has 0 radical (unpaired) electrons. The fourth-order valence-electron chi connectivity index (χ4n) is 3.75. The summed E-state index contributed by atoms with van der Waals surface area (Å²) in [4.78, 5) is 12.0. The van der Waals surface area contributed by atoms with Crippen LogP contribution >= 0.6 is 0 Å². The van der Waals surface area contributed by atoms with Crippen LogP contribution in [0.1, 0.15) is 18.4 Å². The number of benzene rings is 2. The van der Waals surface area contributed by atoms with E-state index < -0.39 is 26.6 Å². The lowest BCUT2D eigenvalue weighted by atomic mass is 9.97. The van der Waals surface area contributed by atoms with Gasteiger partial charge in [-0.05, 0) is 54.8 Å². The Morgan fingerprint density at radius 2 is 1.88 bits per heavy atom. The Balaban J connectivity index is 1.37. The topological polar surface area (TPSA) is 84.3 Å². The van der Waals surface area contributed by atoms with Gasteiger partial charge in [0.1, 0.15) is 16.5 Å². The summed E-state index contributed by atoms with van der Waals surface area (Å²) in [5.41, 5.74) is 1.63. The molecule has 1 fully saturated rings. The first-order valence-corrected chi connectivity index (χ1v) is 11.6. The second-order valence-corrected chi connectivity index (χ2v) is 9.55. The van der Waals surface area contributed by atoms with Gasteiger partial charge in [-0.3, -0.25) is 9.48 Å². The van der Waals surface area contributed by atoms with Crippen LogP contribution in [0.2, 0.25) is 0 Å². The molecule has 1 aliphatic heterocycles. The van der Waals surface area contributed by atoms with Crippen molar-refractivity contribution in [2.24, 2.45) is 5.92 Å². The van der Waals surface area contributed by atoms with Crippen LogP contribution in [0.4, 0.5) is 14.5 Å². The minimum Gasteiger partial charge on any atom is -0.326 e. The van der Waals surface area contributed by atoms with E-state index in [1.165, 1.54) is 0 Å². The van der Waals surface area contributed by atoms with Gasteiger partial charge in [0, 0.05) is 37.1 Å². The van der Waals surface area contributed by atoms with Gasteiger partial charge in [0.15, 0.2) is 0 Å². The molecule has 1 aliphatic rings. The van der Waals surface area contributed by atoms with Crippen LogP contribution in [-0.4, -0.2) is 41.5 Å². The standard InChI is InChI=1S/C22H22F2N4O3S/c23-18-5-6-20(24)21(14-18)32(30,31)28-11-7-17(8-12-28)22(29)26-19-4-1-3-16(13-19)15-27-10-2-9-25-27/h1-6,9-10,13-14,17H,7-8,11-12,15H2,(H,26,29). The lowest BCUT2D eigenvalue weighted by Crippen LogP contribution is -2.41. The number of piperidine rings is 1. The van der Waals surface area contributed by atoms with Gasteiger partial charge in [-0.15, -0.1) is 0 Å². The molecule has 0 saturated carbocycles. The predicted molar refractivity (Wildman–Crippen MR) is 114 cm³/mol. The van der Waals surface area contributed by atoms with Gasteiger partial charge < -0.3 is 5.32 Å². The Bertz CT molecular complexity index is 1210. The molecular weight excluding hydrogens is 438 g/mol. The molecule has 0 bridgehead atoms. The summed E-state index contributed by atoms with van der Waals surface area (Å²) >= 11 is 0. The van der Waals surface area contributed by atoms with Crippen molar-refractivity contribution in [2.75, 3.05) is 18.4 Å². The molecule has 1 N–H and O–H groups in total. The number of carbonyl (C=O) groups is 1. The highest BCUT2D eigenvalue weighted by molar-refractivity contribution is 7.89. The van der Waals surface area contributed by atoms with Crippen LogP contribution < -0.4 is 5.32 Å². The number of hydrogen-bond acceptors (Lipinski definition) is 4. The summed E-state index contributed by atoms with van der Waals surface area (Å²) in [6.07, 6.45) is 4.12. The Hall–Kier alpha value is -3.11. The third kappa shape index (κ3) is 4.86. The molecule has 0 unspecified atom stereocenters. The molecule has 168 valence electrons. The first kappa shape index (κ1) is 22.1. The summed E-state index contributed by atoms with van der Waals surface area (Å²) in [7, 11) is -4.18. The lowest BCUT2D eigenvalue weighted by Gasteiger charge is -2.30. The van der Waals surface area contributed by atoms with Gasteiger partial charge >= 0.3 is 0 Å². The summed E-state index contributed by atoms with van der Waals surface area (Å²) < 4.78 is 55.7. The zero-order valence-electron chi connectivity index (χ0n) is 17.1. The molecule has 0 aliphatic carbocycles. The maximum Gasteiger partial charge on any atom is 0.246 e. The number of sulfonamides is 1. The lowest BCUT2D eigenvalue weighted by molar-refractivity contribution is -0.120. The van der Waals surface area contributed by atoms with Crippen LogP contribution in [0.5, 0.6) is 0 Å². The van der Waals surface area contributed by atoms with E-state index in [-0.39, 0.29) is 37.8 Å². The number of carbonyl (C=O) groups excluding carboxylic acids is 1. The molecule has 2 aromatic carbocycles. The van der Waals surface area contributed by atoms with Crippen LogP contribution in [0.3, 0.4) is 0 Å². The Kier molecular flexibility index (Phi) is 6.33. The van der Waals surface area contributed by atoms with Crippen molar-refractivity contribution < 1.29 is 22.0 Å². The van der Waals surface area contributed by atoms with Gasteiger partial charge in [-0.25, -0.2) is 17.2 Å². The second kappa shape index (κ2) is 9.17. The van der Waals surface area contributed by atoms with Crippen molar-refractivity contribution in [3.63, 3.8) is 0 Å².